The molecule has 2 aromatic rings. The highest BCUT2D eigenvalue weighted by Gasteiger charge is 2.12. The van der Waals surface area contributed by atoms with Crippen LogP contribution in [0, 0.1) is 25.7 Å². The Kier molecular flexibility index (Phi) is 4.70. The van der Waals surface area contributed by atoms with Gasteiger partial charge in [-0.15, -0.1) is 0 Å². The summed E-state index contributed by atoms with van der Waals surface area (Å²) in [6.07, 6.45) is 1.59. The Labute approximate surface area is 123 Å². The van der Waals surface area contributed by atoms with Gasteiger partial charge in [-0.2, -0.15) is 0 Å². The third-order valence-electron chi connectivity index (χ3n) is 2.95. The minimum Gasteiger partial charge on any atom is -0.384 e. The molecule has 0 aliphatic carbocycles. The van der Waals surface area contributed by atoms with E-state index >= 15 is 0 Å². The molecule has 0 unspecified atom stereocenters. The van der Waals surface area contributed by atoms with Crippen molar-refractivity contribution >= 4 is 11.6 Å². The van der Waals surface area contributed by atoms with Crippen molar-refractivity contribution < 1.29 is 9.90 Å². The molecule has 0 fully saturated rings. The molecule has 21 heavy (non-hydrogen) atoms. The minimum absolute atomic E-state index is 0.222. The number of hydrogen-bond donors (Lipinski definition) is 2. The van der Waals surface area contributed by atoms with Crippen molar-refractivity contribution in [2.24, 2.45) is 0 Å². The standard InChI is InChI=1S/C17H16N2O2/c1-12-7-8-14(6-4-10-20)15(11-12)19-17(21)16-13(2)5-3-9-18-16/h3,5,7-9,11,20H,10H2,1-2H3,(H,19,21). The van der Waals surface area contributed by atoms with Crippen molar-refractivity contribution in [3.8, 4) is 11.8 Å². The molecule has 1 heterocycles. The second kappa shape index (κ2) is 6.69. The van der Waals surface area contributed by atoms with Crippen LogP contribution in [-0.2, 0) is 0 Å². The zero-order valence-corrected chi connectivity index (χ0v) is 12.0. The fourth-order valence-electron chi connectivity index (χ4n) is 1.91. The van der Waals surface area contributed by atoms with E-state index < -0.39 is 0 Å². The number of anilines is 1. The number of benzene rings is 1. The van der Waals surface area contributed by atoms with Gasteiger partial charge in [0.2, 0.25) is 0 Å². The molecule has 0 aliphatic rings. The Morgan fingerprint density at radius 1 is 1.33 bits per heavy atom. The van der Waals surface area contributed by atoms with Crippen LogP contribution in [0.25, 0.3) is 0 Å². The molecule has 2 rings (SSSR count). The number of nitrogens with zero attached hydrogens (tertiary/aromatic N) is 1. The number of pyridine rings is 1. The minimum atomic E-state index is -0.272. The molecular formula is C17H16N2O2. The van der Waals surface area contributed by atoms with Gasteiger partial charge in [-0.05, 0) is 43.2 Å². The molecule has 0 spiro atoms. The summed E-state index contributed by atoms with van der Waals surface area (Å²) < 4.78 is 0. The average molecular weight is 280 g/mol. The molecule has 0 radical (unpaired) electrons. The number of carbonyl (C=O) groups excluding carboxylic acids is 1. The Morgan fingerprint density at radius 2 is 2.14 bits per heavy atom. The van der Waals surface area contributed by atoms with Gasteiger partial charge in [0.05, 0.1) is 5.69 Å². The van der Waals surface area contributed by atoms with Gasteiger partial charge in [0.15, 0.2) is 0 Å². The van der Waals surface area contributed by atoms with Gasteiger partial charge in [0, 0.05) is 11.8 Å². The summed E-state index contributed by atoms with van der Waals surface area (Å²) in [4.78, 5) is 16.4. The van der Waals surface area contributed by atoms with Crippen LogP contribution in [0.5, 0.6) is 0 Å². The van der Waals surface area contributed by atoms with Gasteiger partial charge in [-0.25, -0.2) is 0 Å². The van der Waals surface area contributed by atoms with E-state index in [9.17, 15) is 4.79 Å². The molecule has 2 N–H and O–H groups in total. The normalized spacial score (nSPS) is 9.67. The summed E-state index contributed by atoms with van der Waals surface area (Å²) in [5, 5.41) is 11.6. The van der Waals surface area contributed by atoms with E-state index in [1.165, 1.54) is 0 Å². The Hall–Kier alpha value is -2.64. The first-order valence-electron chi connectivity index (χ1n) is 6.55. The lowest BCUT2D eigenvalue weighted by atomic mass is 10.1. The number of aliphatic hydroxyl groups is 1. The van der Waals surface area contributed by atoms with Crippen molar-refractivity contribution in [3.63, 3.8) is 0 Å². The number of aliphatic hydroxyl groups excluding tert-OH is 1. The molecule has 0 aliphatic heterocycles. The van der Waals surface area contributed by atoms with E-state index in [-0.39, 0.29) is 12.5 Å². The van der Waals surface area contributed by atoms with Crippen molar-refractivity contribution in [2.45, 2.75) is 13.8 Å². The summed E-state index contributed by atoms with van der Waals surface area (Å²) in [5.41, 5.74) is 3.49. The van der Waals surface area contributed by atoms with Gasteiger partial charge >= 0.3 is 0 Å². The molecule has 1 aromatic heterocycles. The molecule has 1 aromatic carbocycles. The lowest BCUT2D eigenvalue weighted by Crippen LogP contribution is -2.16. The molecule has 0 atom stereocenters. The van der Waals surface area contributed by atoms with Crippen LogP contribution >= 0.6 is 0 Å². The highest BCUT2D eigenvalue weighted by molar-refractivity contribution is 6.04. The van der Waals surface area contributed by atoms with Crippen LogP contribution in [0.15, 0.2) is 36.5 Å². The predicted molar refractivity (Wildman–Crippen MR) is 82.1 cm³/mol. The van der Waals surface area contributed by atoms with Crippen LogP contribution < -0.4 is 5.32 Å². The Bertz CT molecular complexity index is 727. The fraction of sp³-hybridized carbons (Fsp3) is 0.176. The zero-order valence-electron chi connectivity index (χ0n) is 12.0. The molecule has 106 valence electrons. The lowest BCUT2D eigenvalue weighted by Gasteiger charge is -2.09. The first-order chi connectivity index (χ1) is 10.1. The Balaban J connectivity index is 2.33. The fourth-order valence-corrected chi connectivity index (χ4v) is 1.91. The van der Waals surface area contributed by atoms with Crippen LogP contribution in [0.4, 0.5) is 5.69 Å². The molecule has 0 saturated heterocycles. The van der Waals surface area contributed by atoms with Crippen molar-refractivity contribution in [2.75, 3.05) is 11.9 Å². The largest absolute Gasteiger partial charge is 0.384 e. The number of nitrogens with one attached hydrogen (secondary N) is 1. The number of hydrogen-bond acceptors (Lipinski definition) is 3. The van der Waals surface area contributed by atoms with E-state index in [0.717, 1.165) is 11.1 Å². The topological polar surface area (TPSA) is 62.2 Å². The summed E-state index contributed by atoms with van der Waals surface area (Å²) in [6, 6.07) is 9.20. The number of carbonyl (C=O) groups is 1. The summed E-state index contributed by atoms with van der Waals surface area (Å²) in [7, 11) is 0. The van der Waals surface area contributed by atoms with Crippen LogP contribution in [0.1, 0.15) is 27.2 Å². The van der Waals surface area contributed by atoms with Crippen LogP contribution in [0.2, 0.25) is 0 Å². The second-order valence-corrected chi connectivity index (χ2v) is 4.63. The van der Waals surface area contributed by atoms with Gasteiger partial charge < -0.3 is 10.4 Å². The SMILES string of the molecule is Cc1ccc(C#CCO)c(NC(=O)c2ncccc2C)c1. The van der Waals surface area contributed by atoms with E-state index in [2.05, 4.69) is 22.1 Å². The third-order valence-corrected chi connectivity index (χ3v) is 2.95. The number of rotatable bonds is 2. The molecular weight excluding hydrogens is 264 g/mol. The number of aryl methyl sites for hydroxylation is 2. The lowest BCUT2D eigenvalue weighted by molar-refractivity contribution is 0.102. The molecule has 4 nitrogen and oxygen atoms in total. The third kappa shape index (κ3) is 3.68. The zero-order chi connectivity index (χ0) is 15.2. The van der Waals surface area contributed by atoms with Crippen molar-refractivity contribution in [1.82, 2.24) is 4.98 Å². The summed E-state index contributed by atoms with van der Waals surface area (Å²) in [6.45, 7) is 3.55. The van der Waals surface area contributed by atoms with Crippen molar-refractivity contribution in [1.29, 1.82) is 0 Å². The van der Waals surface area contributed by atoms with E-state index in [1.54, 1.807) is 12.3 Å². The molecule has 4 heteroatoms. The van der Waals surface area contributed by atoms with Gasteiger partial charge in [0.25, 0.3) is 5.91 Å². The average Bonchev–Trinajstić information content (AvgIpc) is 2.47. The molecule has 0 saturated carbocycles. The highest BCUT2D eigenvalue weighted by atomic mass is 16.2. The quantitative estimate of drug-likeness (QED) is 0.830. The Morgan fingerprint density at radius 3 is 2.86 bits per heavy atom. The maximum Gasteiger partial charge on any atom is 0.274 e. The predicted octanol–water partition coefficient (Wildman–Crippen LogP) is 2.29. The number of aromatic nitrogens is 1. The van der Waals surface area contributed by atoms with E-state index in [4.69, 9.17) is 5.11 Å². The molecule has 0 bridgehead atoms. The van der Waals surface area contributed by atoms with Gasteiger partial charge in [-0.3, -0.25) is 9.78 Å². The second-order valence-electron chi connectivity index (χ2n) is 4.63. The first kappa shape index (κ1) is 14.8. The monoisotopic (exact) mass is 280 g/mol. The first-order valence-corrected chi connectivity index (χ1v) is 6.55. The van der Waals surface area contributed by atoms with E-state index in [1.807, 2.05) is 38.1 Å². The van der Waals surface area contributed by atoms with Crippen molar-refractivity contribution in [3.05, 3.63) is 58.9 Å². The van der Waals surface area contributed by atoms with Gasteiger partial charge in [0.1, 0.15) is 12.3 Å². The summed E-state index contributed by atoms with van der Waals surface area (Å²) >= 11 is 0. The van der Waals surface area contributed by atoms with E-state index in [0.29, 0.717) is 16.9 Å². The maximum atomic E-state index is 12.3. The maximum absolute atomic E-state index is 12.3. The van der Waals surface area contributed by atoms with Gasteiger partial charge in [-0.1, -0.05) is 24.0 Å². The highest BCUT2D eigenvalue weighted by Crippen LogP contribution is 2.18. The van der Waals surface area contributed by atoms with Crippen LogP contribution in [-0.4, -0.2) is 22.6 Å². The number of amides is 1. The summed E-state index contributed by atoms with van der Waals surface area (Å²) in [5.74, 6) is 5.14. The smallest absolute Gasteiger partial charge is 0.274 e. The van der Waals surface area contributed by atoms with Crippen LogP contribution in [0.3, 0.4) is 0 Å². The molecule has 1 amide bonds.